The number of aldehydes is 1. The molecule has 2 nitrogen and oxygen atoms in total. The first-order valence-electron chi connectivity index (χ1n) is 5.37. The van der Waals surface area contributed by atoms with Gasteiger partial charge in [-0.1, -0.05) is 0 Å². The number of benzene rings is 1. The molecule has 0 fully saturated rings. The van der Waals surface area contributed by atoms with E-state index in [0.717, 1.165) is 27.4 Å². The van der Waals surface area contributed by atoms with Crippen LogP contribution in [-0.4, -0.2) is 13.4 Å². The van der Waals surface area contributed by atoms with Crippen LogP contribution in [0.25, 0.3) is 10.4 Å². The zero-order valence-electron chi connectivity index (χ0n) is 10.1. The molecule has 17 heavy (non-hydrogen) atoms. The second-order valence-corrected chi connectivity index (χ2v) is 5.00. The molecule has 88 valence electrons. The van der Waals surface area contributed by atoms with Crippen molar-refractivity contribution in [2.45, 2.75) is 13.8 Å². The maximum absolute atomic E-state index is 10.7. The van der Waals surface area contributed by atoms with Gasteiger partial charge in [0.2, 0.25) is 0 Å². The van der Waals surface area contributed by atoms with E-state index in [-0.39, 0.29) is 0 Å². The molecule has 0 aliphatic rings. The second kappa shape index (κ2) is 4.72. The van der Waals surface area contributed by atoms with Gasteiger partial charge in [-0.05, 0) is 54.8 Å². The molecule has 1 heterocycles. The quantitative estimate of drug-likeness (QED) is 0.769. The summed E-state index contributed by atoms with van der Waals surface area (Å²) in [6, 6.07) is 7.86. The van der Waals surface area contributed by atoms with E-state index in [0.29, 0.717) is 0 Å². The van der Waals surface area contributed by atoms with Crippen LogP contribution in [-0.2, 0) is 0 Å². The first-order valence-corrected chi connectivity index (χ1v) is 6.18. The van der Waals surface area contributed by atoms with Crippen LogP contribution in [0.3, 0.4) is 0 Å². The van der Waals surface area contributed by atoms with Gasteiger partial charge in [0.05, 0.1) is 12.0 Å². The summed E-state index contributed by atoms with van der Waals surface area (Å²) in [4.78, 5) is 12.6. The van der Waals surface area contributed by atoms with Crippen molar-refractivity contribution in [2.75, 3.05) is 7.11 Å². The van der Waals surface area contributed by atoms with E-state index in [1.165, 1.54) is 22.5 Å². The fraction of sp³-hybridized carbons (Fsp3) is 0.214. The predicted molar refractivity (Wildman–Crippen MR) is 71.2 cm³/mol. The van der Waals surface area contributed by atoms with Gasteiger partial charge in [-0.25, -0.2) is 0 Å². The normalized spacial score (nSPS) is 10.3. The Morgan fingerprint density at radius 2 is 1.88 bits per heavy atom. The van der Waals surface area contributed by atoms with Gasteiger partial charge in [0.1, 0.15) is 5.75 Å². The monoisotopic (exact) mass is 246 g/mol. The van der Waals surface area contributed by atoms with E-state index in [1.807, 2.05) is 31.2 Å². The molecule has 0 amide bonds. The zero-order chi connectivity index (χ0) is 12.4. The van der Waals surface area contributed by atoms with E-state index in [2.05, 4.69) is 6.92 Å². The molecular weight excluding hydrogens is 232 g/mol. The minimum absolute atomic E-state index is 0.757. The van der Waals surface area contributed by atoms with Crippen LogP contribution < -0.4 is 4.74 Å². The van der Waals surface area contributed by atoms with Gasteiger partial charge >= 0.3 is 0 Å². The van der Waals surface area contributed by atoms with Crippen LogP contribution in [0.2, 0.25) is 0 Å². The van der Waals surface area contributed by atoms with Gasteiger partial charge < -0.3 is 4.74 Å². The van der Waals surface area contributed by atoms with Crippen LogP contribution in [0.15, 0.2) is 24.3 Å². The lowest BCUT2D eigenvalue weighted by Gasteiger charge is -2.11. The first kappa shape index (κ1) is 11.9. The number of methoxy groups -OCH3 is 1. The van der Waals surface area contributed by atoms with Gasteiger partial charge in [-0.15, -0.1) is 11.3 Å². The molecule has 3 heteroatoms. The fourth-order valence-corrected chi connectivity index (χ4v) is 2.75. The van der Waals surface area contributed by atoms with Gasteiger partial charge in [0.15, 0.2) is 6.29 Å². The smallest absolute Gasteiger partial charge is 0.160 e. The molecule has 0 bridgehead atoms. The summed E-state index contributed by atoms with van der Waals surface area (Å²) >= 11 is 1.51. The Kier molecular flexibility index (Phi) is 3.29. The Morgan fingerprint density at radius 1 is 1.12 bits per heavy atom. The highest BCUT2D eigenvalue weighted by molar-refractivity contribution is 7.17. The molecule has 0 saturated carbocycles. The summed E-state index contributed by atoms with van der Waals surface area (Å²) in [5, 5.41) is 0. The number of carbonyl (C=O) groups is 1. The molecule has 0 unspecified atom stereocenters. The molecule has 0 radical (unpaired) electrons. The van der Waals surface area contributed by atoms with Crippen molar-refractivity contribution in [2.24, 2.45) is 0 Å². The highest BCUT2D eigenvalue weighted by atomic mass is 32.1. The van der Waals surface area contributed by atoms with E-state index in [4.69, 9.17) is 4.74 Å². The van der Waals surface area contributed by atoms with Crippen LogP contribution in [0, 0.1) is 13.8 Å². The van der Waals surface area contributed by atoms with Crippen molar-refractivity contribution in [3.63, 3.8) is 0 Å². The minimum Gasteiger partial charge on any atom is -0.496 e. The number of rotatable bonds is 3. The van der Waals surface area contributed by atoms with Gasteiger partial charge in [0, 0.05) is 4.88 Å². The Labute approximate surface area is 105 Å². The van der Waals surface area contributed by atoms with Crippen LogP contribution >= 0.6 is 11.3 Å². The lowest BCUT2D eigenvalue weighted by atomic mass is 10.0. The second-order valence-electron chi connectivity index (χ2n) is 3.89. The summed E-state index contributed by atoms with van der Waals surface area (Å²) in [6.45, 7) is 4.12. The third-order valence-corrected chi connectivity index (χ3v) is 4.01. The summed E-state index contributed by atoms with van der Waals surface area (Å²) in [5.41, 5.74) is 3.51. The average molecular weight is 246 g/mol. The van der Waals surface area contributed by atoms with Crippen molar-refractivity contribution in [1.82, 2.24) is 0 Å². The number of hydrogen-bond donors (Lipinski definition) is 0. The van der Waals surface area contributed by atoms with E-state index in [9.17, 15) is 4.79 Å². The van der Waals surface area contributed by atoms with Gasteiger partial charge in [0.25, 0.3) is 0 Å². The van der Waals surface area contributed by atoms with Crippen LogP contribution in [0.5, 0.6) is 5.75 Å². The molecule has 0 atom stereocenters. The lowest BCUT2D eigenvalue weighted by molar-refractivity contribution is 0.112. The lowest BCUT2D eigenvalue weighted by Crippen LogP contribution is -1.91. The molecule has 0 aliphatic carbocycles. The Bertz CT molecular complexity index is 555. The van der Waals surface area contributed by atoms with Crippen molar-refractivity contribution in [3.8, 4) is 16.2 Å². The zero-order valence-corrected chi connectivity index (χ0v) is 10.9. The van der Waals surface area contributed by atoms with Gasteiger partial charge in [-0.3, -0.25) is 4.79 Å². The average Bonchev–Trinajstić information content (AvgIpc) is 2.81. The highest BCUT2D eigenvalue weighted by Crippen LogP contribution is 2.34. The Balaban J connectivity index is 2.52. The van der Waals surface area contributed by atoms with Gasteiger partial charge in [-0.2, -0.15) is 0 Å². The van der Waals surface area contributed by atoms with Crippen molar-refractivity contribution in [3.05, 3.63) is 40.3 Å². The van der Waals surface area contributed by atoms with Crippen LogP contribution in [0.1, 0.15) is 20.8 Å². The molecule has 0 saturated heterocycles. The van der Waals surface area contributed by atoms with Crippen molar-refractivity contribution >= 4 is 17.6 Å². The third-order valence-electron chi connectivity index (χ3n) is 2.97. The largest absolute Gasteiger partial charge is 0.496 e. The van der Waals surface area contributed by atoms with Crippen LogP contribution in [0.4, 0.5) is 0 Å². The number of carbonyl (C=O) groups excluding carboxylic acids is 1. The molecule has 2 aromatic rings. The highest BCUT2D eigenvalue weighted by Gasteiger charge is 2.10. The molecule has 1 aromatic heterocycles. The number of thiophene rings is 1. The fourth-order valence-electron chi connectivity index (χ4n) is 1.84. The van der Waals surface area contributed by atoms with Crippen molar-refractivity contribution < 1.29 is 9.53 Å². The topological polar surface area (TPSA) is 26.3 Å². The van der Waals surface area contributed by atoms with E-state index in [1.54, 1.807) is 7.11 Å². The van der Waals surface area contributed by atoms with E-state index < -0.39 is 0 Å². The predicted octanol–water partition coefficient (Wildman–Crippen LogP) is 3.85. The molecule has 2 rings (SSSR count). The summed E-state index contributed by atoms with van der Waals surface area (Å²) in [5.74, 6) is 0.901. The molecule has 0 spiro atoms. The summed E-state index contributed by atoms with van der Waals surface area (Å²) < 4.78 is 5.29. The maximum atomic E-state index is 10.7. The number of ether oxygens (including phenoxy) is 1. The maximum Gasteiger partial charge on any atom is 0.160 e. The Hall–Kier alpha value is -1.61. The minimum atomic E-state index is 0.757. The molecule has 0 aliphatic heterocycles. The SMILES string of the molecule is COc1ccc(-c2ccc(C=O)s2)c(C)c1C. The first-order chi connectivity index (χ1) is 8.17. The summed E-state index contributed by atoms with van der Waals surface area (Å²) in [7, 11) is 1.68. The van der Waals surface area contributed by atoms with E-state index >= 15 is 0 Å². The summed E-state index contributed by atoms with van der Waals surface area (Å²) in [6.07, 6.45) is 0.889. The third kappa shape index (κ3) is 2.11. The Morgan fingerprint density at radius 3 is 2.47 bits per heavy atom. The number of hydrogen-bond acceptors (Lipinski definition) is 3. The molecule has 0 N–H and O–H groups in total. The standard InChI is InChI=1S/C14H14O2S/c1-9-10(2)13(16-3)6-5-12(9)14-7-4-11(8-15)17-14/h4-8H,1-3H3. The molecular formula is C14H14O2S. The molecule has 1 aromatic carbocycles. The van der Waals surface area contributed by atoms with Crippen molar-refractivity contribution in [1.29, 1.82) is 0 Å².